The molecule has 4 nitrogen and oxygen atoms in total. The van der Waals surface area contributed by atoms with Gasteiger partial charge in [0, 0.05) is 45.3 Å². The van der Waals surface area contributed by atoms with Gasteiger partial charge >= 0.3 is 0 Å². The fraction of sp³-hybridized carbons (Fsp3) is 1.00. The minimum atomic E-state index is 0.402. The smallest absolute Gasteiger partial charge is 0.0285 e. The molecule has 2 aliphatic rings. The highest BCUT2D eigenvalue weighted by Gasteiger charge is 2.26. The van der Waals surface area contributed by atoms with E-state index in [1.54, 1.807) is 0 Å². The Morgan fingerprint density at radius 2 is 1.69 bits per heavy atom. The minimum absolute atomic E-state index is 0.402. The zero-order valence-electron chi connectivity index (χ0n) is 8.45. The van der Waals surface area contributed by atoms with Gasteiger partial charge in [0.1, 0.15) is 0 Å². The predicted octanol–water partition coefficient (Wildman–Crippen LogP) is -0.818. The summed E-state index contributed by atoms with van der Waals surface area (Å²) in [6, 6.07) is 0.402. The number of piperazine rings is 1. The van der Waals surface area contributed by atoms with Crippen LogP contribution in [-0.2, 0) is 0 Å². The third-order valence-corrected chi connectivity index (χ3v) is 3.08. The summed E-state index contributed by atoms with van der Waals surface area (Å²) in [5.41, 5.74) is 5.88. The van der Waals surface area contributed by atoms with E-state index in [-0.39, 0.29) is 0 Å². The minimum Gasteiger partial charge on any atom is -0.326 e. The third-order valence-electron chi connectivity index (χ3n) is 3.08. The molecule has 1 unspecified atom stereocenters. The zero-order valence-corrected chi connectivity index (χ0v) is 8.45. The van der Waals surface area contributed by atoms with Crippen LogP contribution >= 0.6 is 0 Å². The number of nitrogens with zero attached hydrogens (tertiary/aromatic N) is 3. The summed E-state index contributed by atoms with van der Waals surface area (Å²) in [6.07, 6.45) is 1.16. The van der Waals surface area contributed by atoms with Gasteiger partial charge in [0.25, 0.3) is 0 Å². The summed E-state index contributed by atoms with van der Waals surface area (Å²) < 4.78 is 0. The van der Waals surface area contributed by atoms with Gasteiger partial charge in [0.2, 0.25) is 0 Å². The van der Waals surface area contributed by atoms with E-state index in [1.807, 2.05) is 0 Å². The van der Waals surface area contributed by atoms with Crippen molar-refractivity contribution >= 4 is 0 Å². The second kappa shape index (κ2) is 3.92. The average molecular weight is 184 g/mol. The molecule has 2 aliphatic heterocycles. The lowest BCUT2D eigenvalue weighted by molar-refractivity contribution is -0.0363. The van der Waals surface area contributed by atoms with Crippen LogP contribution in [0.2, 0.25) is 0 Å². The van der Waals surface area contributed by atoms with Crippen molar-refractivity contribution in [1.29, 1.82) is 0 Å². The van der Waals surface area contributed by atoms with Crippen molar-refractivity contribution in [2.24, 2.45) is 5.73 Å². The molecule has 2 saturated heterocycles. The van der Waals surface area contributed by atoms with Gasteiger partial charge in [-0.05, 0) is 13.5 Å². The summed E-state index contributed by atoms with van der Waals surface area (Å²) in [6.45, 7) is 6.93. The topological polar surface area (TPSA) is 35.7 Å². The Kier molecular flexibility index (Phi) is 2.83. The van der Waals surface area contributed by atoms with Crippen LogP contribution in [-0.4, -0.2) is 67.3 Å². The molecule has 0 aromatic rings. The summed E-state index contributed by atoms with van der Waals surface area (Å²) in [7, 11) is 2.19. The van der Waals surface area contributed by atoms with Crippen molar-refractivity contribution in [3.05, 3.63) is 0 Å². The summed E-state index contributed by atoms with van der Waals surface area (Å²) in [4.78, 5) is 2.38. The largest absolute Gasteiger partial charge is 0.326 e. The molecule has 0 aromatic heterocycles. The molecule has 0 spiro atoms. The normalized spacial score (nSPS) is 34.2. The molecule has 0 amide bonds. The summed E-state index contributed by atoms with van der Waals surface area (Å²) in [5, 5.41) is 4.89. The van der Waals surface area contributed by atoms with Crippen molar-refractivity contribution in [3.8, 4) is 0 Å². The molecule has 13 heavy (non-hydrogen) atoms. The fourth-order valence-electron chi connectivity index (χ4n) is 2.10. The van der Waals surface area contributed by atoms with E-state index in [0.717, 1.165) is 19.5 Å². The van der Waals surface area contributed by atoms with Crippen molar-refractivity contribution < 1.29 is 0 Å². The molecule has 0 aliphatic carbocycles. The molecule has 2 fully saturated rings. The molecule has 0 aromatic carbocycles. The molecule has 4 heteroatoms. The molecule has 2 N–H and O–H groups in total. The Labute approximate surface area is 80.2 Å². The molecule has 2 rings (SSSR count). The molecule has 76 valence electrons. The van der Waals surface area contributed by atoms with Crippen LogP contribution in [0.4, 0.5) is 0 Å². The van der Waals surface area contributed by atoms with Gasteiger partial charge in [0.15, 0.2) is 0 Å². The molecular formula is C9H20N4. The number of likely N-dealkylation sites (N-methyl/N-ethyl adjacent to an activating group) is 1. The monoisotopic (exact) mass is 184 g/mol. The fourth-order valence-corrected chi connectivity index (χ4v) is 2.10. The Morgan fingerprint density at radius 3 is 2.23 bits per heavy atom. The molecule has 2 heterocycles. The van der Waals surface area contributed by atoms with E-state index in [1.165, 1.54) is 26.2 Å². The first kappa shape index (κ1) is 9.40. The van der Waals surface area contributed by atoms with Gasteiger partial charge in [0.05, 0.1) is 0 Å². The van der Waals surface area contributed by atoms with Gasteiger partial charge < -0.3 is 10.6 Å². The van der Waals surface area contributed by atoms with Crippen LogP contribution in [0.3, 0.4) is 0 Å². The van der Waals surface area contributed by atoms with Crippen LogP contribution in [0.5, 0.6) is 0 Å². The molecule has 1 atom stereocenters. The van der Waals surface area contributed by atoms with Gasteiger partial charge in [-0.25, -0.2) is 10.0 Å². The van der Waals surface area contributed by atoms with Crippen molar-refractivity contribution in [1.82, 2.24) is 14.9 Å². The molecule has 0 bridgehead atoms. The second-order valence-electron chi connectivity index (χ2n) is 4.22. The molecule has 0 radical (unpaired) electrons. The highest BCUT2D eigenvalue weighted by Crippen LogP contribution is 2.12. The molecule has 0 saturated carbocycles. The Bertz CT molecular complexity index is 165. The van der Waals surface area contributed by atoms with Gasteiger partial charge in [-0.3, -0.25) is 0 Å². The van der Waals surface area contributed by atoms with Crippen LogP contribution in [0.15, 0.2) is 0 Å². The number of rotatable bonds is 1. The first-order valence-electron chi connectivity index (χ1n) is 5.19. The van der Waals surface area contributed by atoms with E-state index in [4.69, 9.17) is 5.73 Å². The maximum atomic E-state index is 5.88. The molecular weight excluding hydrogens is 164 g/mol. The standard InChI is InChI=1S/C9H20N4/c1-11-4-6-12(7-5-11)13-3-2-9(10)8-13/h9H,2-8,10H2,1H3. The quantitative estimate of drug-likeness (QED) is 0.578. The SMILES string of the molecule is CN1CCN(N2CCC(N)C2)CC1. The van der Waals surface area contributed by atoms with Crippen molar-refractivity contribution in [3.63, 3.8) is 0 Å². The zero-order chi connectivity index (χ0) is 9.26. The first-order valence-corrected chi connectivity index (χ1v) is 5.19. The van der Waals surface area contributed by atoms with Crippen molar-refractivity contribution in [2.45, 2.75) is 12.5 Å². The van der Waals surface area contributed by atoms with Gasteiger partial charge in [-0.15, -0.1) is 0 Å². The highest BCUT2D eigenvalue weighted by atomic mass is 15.6. The first-order chi connectivity index (χ1) is 6.25. The van der Waals surface area contributed by atoms with E-state index in [0.29, 0.717) is 6.04 Å². The second-order valence-corrected chi connectivity index (χ2v) is 4.22. The maximum absolute atomic E-state index is 5.88. The van der Waals surface area contributed by atoms with Crippen LogP contribution in [0.1, 0.15) is 6.42 Å². The highest BCUT2D eigenvalue weighted by molar-refractivity contribution is 4.78. The third kappa shape index (κ3) is 2.20. The van der Waals surface area contributed by atoms with Crippen molar-refractivity contribution in [2.75, 3.05) is 46.3 Å². The number of nitrogens with two attached hydrogens (primary N) is 1. The van der Waals surface area contributed by atoms with E-state index in [9.17, 15) is 0 Å². The number of hydrogen-bond donors (Lipinski definition) is 1. The lowest BCUT2D eigenvalue weighted by atomic mass is 10.3. The Hall–Kier alpha value is -0.160. The number of hydrogen-bond acceptors (Lipinski definition) is 4. The van der Waals surface area contributed by atoms with Crippen LogP contribution in [0.25, 0.3) is 0 Å². The van der Waals surface area contributed by atoms with E-state index in [2.05, 4.69) is 22.0 Å². The maximum Gasteiger partial charge on any atom is 0.0285 e. The van der Waals surface area contributed by atoms with Crippen LogP contribution in [0, 0.1) is 0 Å². The number of hydrazine groups is 1. The summed E-state index contributed by atoms with van der Waals surface area (Å²) >= 11 is 0. The lowest BCUT2D eigenvalue weighted by Crippen LogP contribution is -2.52. The average Bonchev–Trinajstić information content (AvgIpc) is 2.53. The van der Waals surface area contributed by atoms with Crippen LogP contribution < -0.4 is 5.73 Å². The Morgan fingerprint density at radius 1 is 1.00 bits per heavy atom. The summed E-state index contributed by atoms with van der Waals surface area (Å²) in [5.74, 6) is 0. The van der Waals surface area contributed by atoms with Gasteiger partial charge in [-0.1, -0.05) is 0 Å². The Balaban J connectivity index is 1.81. The van der Waals surface area contributed by atoms with E-state index >= 15 is 0 Å². The van der Waals surface area contributed by atoms with Gasteiger partial charge in [-0.2, -0.15) is 0 Å². The lowest BCUT2D eigenvalue weighted by Gasteiger charge is -2.38. The van der Waals surface area contributed by atoms with E-state index < -0.39 is 0 Å². The predicted molar refractivity (Wildman–Crippen MR) is 53.2 cm³/mol.